The molecule has 1 aliphatic rings. The number of likely N-dealkylation sites (tertiary alicyclic amines) is 1. The molecule has 1 fully saturated rings. The Morgan fingerprint density at radius 3 is 2.53 bits per heavy atom. The lowest BCUT2D eigenvalue weighted by Gasteiger charge is -2.30. The summed E-state index contributed by atoms with van der Waals surface area (Å²) < 4.78 is 11.4. The summed E-state index contributed by atoms with van der Waals surface area (Å²) >= 11 is 0. The fraction of sp³-hybridized carbons (Fsp3) is 0.208. The molecule has 0 spiro atoms. The number of para-hydroxylation sites is 1. The molecule has 5 rings (SSSR count). The first-order valence-corrected chi connectivity index (χ1v) is 10.5. The van der Waals surface area contributed by atoms with Crippen LogP contribution in [0.5, 0.6) is 11.6 Å². The van der Waals surface area contributed by atoms with E-state index in [1.54, 1.807) is 30.7 Å². The summed E-state index contributed by atoms with van der Waals surface area (Å²) in [7, 11) is 0. The molecule has 160 valence electrons. The van der Waals surface area contributed by atoms with Crippen molar-refractivity contribution in [1.82, 2.24) is 25.0 Å². The molecule has 0 N–H and O–H groups in total. The third-order valence-electron chi connectivity index (χ3n) is 5.47. The van der Waals surface area contributed by atoms with Gasteiger partial charge >= 0.3 is 0 Å². The first-order chi connectivity index (χ1) is 15.8. The van der Waals surface area contributed by atoms with Crippen LogP contribution in [0, 0.1) is 0 Å². The molecule has 4 aromatic rings. The summed E-state index contributed by atoms with van der Waals surface area (Å²) in [6.45, 7) is 1.19. The van der Waals surface area contributed by atoms with Gasteiger partial charge in [-0.15, -0.1) is 0 Å². The molecule has 1 saturated heterocycles. The Kier molecular flexibility index (Phi) is 5.57. The fourth-order valence-electron chi connectivity index (χ4n) is 3.75. The van der Waals surface area contributed by atoms with Crippen LogP contribution < -0.4 is 4.74 Å². The largest absolute Gasteiger partial charge is 0.438 e. The summed E-state index contributed by atoms with van der Waals surface area (Å²) in [5.74, 6) is 2.14. The maximum atomic E-state index is 13.2. The van der Waals surface area contributed by atoms with Gasteiger partial charge in [-0.3, -0.25) is 9.78 Å². The summed E-state index contributed by atoms with van der Waals surface area (Å²) in [4.78, 5) is 27.9. The van der Waals surface area contributed by atoms with Gasteiger partial charge in [0.15, 0.2) is 0 Å². The fourth-order valence-corrected chi connectivity index (χ4v) is 3.75. The molecule has 8 nitrogen and oxygen atoms in total. The third-order valence-corrected chi connectivity index (χ3v) is 5.47. The molecule has 32 heavy (non-hydrogen) atoms. The predicted molar refractivity (Wildman–Crippen MR) is 116 cm³/mol. The SMILES string of the molecule is O=C(c1cccnc1Oc1ccccc1)N1CCC(c2nc(-c3ccncc3)no2)CC1. The van der Waals surface area contributed by atoms with Gasteiger partial charge in [0, 0.05) is 43.2 Å². The van der Waals surface area contributed by atoms with E-state index >= 15 is 0 Å². The lowest BCUT2D eigenvalue weighted by molar-refractivity contribution is 0.0701. The van der Waals surface area contributed by atoms with Crippen LogP contribution in [0.1, 0.15) is 35.0 Å². The molecule has 1 amide bonds. The van der Waals surface area contributed by atoms with Crippen molar-refractivity contribution in [2.45, 2.75) is 18.8 Å². The zero-order chi connectivity index (χ0) is 21.8. The minimum Gasteiger partial charge on any atom is -0.438 e. The molecule has 0 radical (unpaired) electrons. The number of hydrogen-bond donors (Lipinski definition) is 0. The zero-order valence-electron chi connectivity index (χ0n) is 17.3. The lowest BCUT2D eigenvalue weighted by Crippen LogP contribution is -2.38. The van der Waals surface area contributed by atoms with Crippen molar-refractivity contribution < 1.29 is 14.1 Å². The van der Waals surface area contributed by atoms with E-state index in [-0.39, 0.29) is 11.8 Å². The van der Waals surface area contributed by atoms with E-state index in [4.69, 9.17) is 9.26 Å². The average Bonchev–Trinajstić information content (AvgIpc) is 3.36. The Morgan fingerprint density at radius 2 is 1.75 bits per heavy atom. The number of ether oxygens (including phenoxy) is 1. The monoisotopic (exact) mass is 427 g/mol. The van der Waals surface area contributed by atoms with Crippen LogP contribution in [0.3, 0.4) is 0 Å². The molecule has 0 aliphatic carbocycles. The van der Waals surface area contributed by atoms with Gasteiger partial charge in [-0.2, -0.15) is 4.98 Å². The van der Waals surface area contributed by atoms with Gasteiger partial charge in [-0.1, -0.05) is 23.4 Å². The quantitative estimate of drug-likeness (QED) is 0.468. The molecule has 1 aromatic carbocycles. The first kappa shape index (κ1) is 19.9. The van der Waals surface area contributed by atoms with Crippen LogP contribution in [0.25, 0.3) is 11.4 Å². The first-order valence-electron chi connectivity index (χ1n) is 10.5. The van der Waals surface area contributed by atoms with E-state index in [1.165, 1.54) is 0 Å². The van der Waals surface area contributed by atoms with Gasteiger partial charge in [0.2, 0.25) is 17.6 Å². The molecule has 1 aliphatic heterocycles. The second-order valence-corrected chi connectivity index (χ2v) is 7.53. The van der Waals surface area contributed by atoms with E-state index in [1.807, 2.05) is 47.4 Å². The van der Waals surface area contributed by atoms with Crippen LogP contribution in [0.15, 0.2) is 77.7 Å². The van der Waals surface area contributed by atoms with Crippen LogP contribution >= 0.6 is 0 Å². The number of pyridine rings is 2. The maximum Gasteiger partial charge on any atom is 0.259 e. The molecule has 0 bridgehead atoms. The number of aromatic nitrogens is 4. The van der Waals surface area contributed by atoms with Gasteiger partial charge in [-0.05, 0) is 49.2 Å². The number of nitrogens with zero attached hydrogens (tertiary/aromatic N) is 5. The highest BCUT2D eigenvalue weighted by molar-refractivity contribution is 5.96. The number of amides is 1. The zero-order valence-corrected chi connectivity index (χ0v) is 17.3. The van der Waals surface area contributed by atoms with Crippen LogP contribution in [-0.2, 0) is 0 Å². The molecule has 4 heterocycles. The molecule has 0 atom stereocenters. The molecular formula is C24H21N5O3. The minimum absolute atomic E-state index is 0.0921. The molecule has 8 heteroatoms. The van der Waals surface area contributed by atoms with Crippen LogP contribution in [0.2, 0.25) is 0 Å². The highest BCUT2D eigenvalue weighted by atomic mass is 16.5. The van der Waals surface area contributed by atoms with E-state index in [0.29, 0.717) is 42.0 Å². The van der Waals surface area contributed by atoms with Crippen molar-refractivity contribution >= 4 is 5.91 Å². The average molecular weight is 427 g/mol. The Labute approximate surface area is 184 Å². The lowest BCUT2D eigenvalue weighted by atomic mass is 9.96. The predicted octanol–water partition coefficient (Wildman–Crippen LogP) is 4.34. The Balaban J connectivity index is 1.25. The van der Waals surface area contributed by atoms with Crippen LogP contribution in [0.4, 0.5) is 0 Å². The Bertz CT molecular complexity index is 1190. The number of piperidine rings is 1. The molecule has 0 unspecified atom stereocenters. The van der Waals surface area contributed by atoms with Gasteiger partial charge in [0.25, 0.3) is 5.91 Å². The standard InChI is InChI=1S/C24H21N5O3/c30-24(20-7-4-12-26-23(20)31-19-5-2-1-3-6-19)29-15-10-18(11-16-29)22-27-21(28-32-22)17-8-13-25-14-9-17/h1-9,12-14,18H,10-11,15-16H2. The van der Waals surface area contributed by atoms with Crippen molar-refractivity contribution in [2.24, 2.45) is 0 Å². The topological polar surface area (TPSA) is 94.2 Å². The molecule has 0 saturated carbocycles. The molecular weight excluding hydrogens is 406 g/mol. The van der Waals surface area contributed by atoms with Crippen molar-refractivity contribution in [1.29, 1.82) is 0 Å². The van der Waals surface area contributed by atoms with E-state index in [2.05, 4.69) is 20.1 Å². The minimum atomic E-state index is -0.0921. The number of rotatable bonds is 5. The van der Waals surface area contributed by atoms with Gasteiger partial charge in [-0.25, -0.2) is 4.98 Å². The second kappa shape index (κ2) is 8.97. The number of carbonyl (C=O) groups excluding carboxylic acids is 1. The Hall–Kier alpha value is -4.07. The Morgan fingerprint density at radius 1 is 0.969 bits per heavy atom. The third kappa shape index (κ3) is 4.20. The van der Waals surface area contributed by atoms with Gasteiger partial charge in [0.05, 0.1) is 0 Å². The summed E-state index contributed by atoms with van der Waals surface area (Å²) in [5.41, 5.74) is 1.32. The van der Waals surface area contributed by atoms with E-state index in [0.717, 1.165) is 18.4 Å². The van der Waals surface area contributed by atoms with Crippen molar-refractivity contribution in [2.75, 3.05) is 13.1 Å². The summed E-state index contributed by atoms with van der Waals surface area (Å²) in [6, 6.07) is 16.5. The van der Waals surface area contributed by atoms with Gasteiger partial charge in [0.1, 0.15) is 11.3 Å². The smallest absolute Gasteiger partial charge is 0.259 e. The maximum absolute atomic E-state index is 13.2. The normalized spacial score (nSPS) is 14.3. The highest BCUT2D eigenvalue weighted by Gasteiger charge is 2.29. The van der Waals surface area contributed by atoms with Crippen molar-refractivity contribution in [3.63, 3.8) is 0 Å². The van der Waals surface area contributed by atoms with Crippen LogP contribution in [-0.4, -0.2) is 44.0 Å². The number of carbonyl (C=O) groups is 1. The van der Waals surface area contributed by atoms with E-state index < -0.39 is 0 Å². The van der Waals surface area contributed by atoms with E-state index in [9.17, 15) is 4.79 Å². The highest BCUT2D eigenvalue weighted by Crippen LogP contribution is 2.30. The van der Waals surface area contributed by atoms with Crippen molar-refractivity contribution in [3.8, 4) is 23.0 Å². The number of benzene rings is 1. The number of hydrogen-bond acceptors (Lipinski definition) is 7. The van der Waals surface area contributed by atoms with Gasteiger partial charge < -0.3 is 14.2 Å². The van der Waals surface area contributed by atoms with Crippen molar-refractivity contribution in [3.05, 3.63) is 84.6 Å². The summed E-state index contributed by atoms with van der Waals surface area (Å²) in [6.07, 6.45) is 6.52. The molecule has 3 aromatic heterocycles. The summed E-state index contributed by atoms with van der Waals surface area (Å²) in [5, 5.41) is 4.10. The second-order valence-electron chi connectivity index (χ2n) is 7.53.